The zero-order chi connectivity index (χ0) is 6.57. The van der Waals surface area contributed by atoms with Gasteiger partial charge in [-0.2, -0.15) is 0 Å². The normalized spacial score (nSPS) is 7.11. The van der Waals surface area contributed by atoms with Crippen molar-refractivity contribution in [3.05, 3.63) is 0 Å². The van der Waals surface area contributed by atoms with Crippen LogP contribution >= 0.6 is 0 Å². The number of carbonyl (C=O) groups is 1. The van der Waals surface area contributed by atoms with Crippen molar-refractivity contribution < 1.29 is 27.0 Å². The smallest absolute Gasteiger partial charge is 0.325 e. The predicted octanol–water partition coefficient (Wildman–Crippen LogP) is -1.66. The van der Waals surface area contributed by atoms with E-state index in [1.165, 1.54) is 0 Å². The number of guanidine groups is 1. The monoisotopic (exact) mass is 180 g/mol. The van der Waals surface area contributed by atoms with Crippen LogP contribution in [0, 0.1) is 0 Å². The van der Waals surface area contributed by atoms with Crippen LogP contribution in [-0.4, -0.2) is 23.6 Å². The first-order valence-corrected chi connectivity index (χ1v) is 1.90. The number of nitrogens with two attached hydrogens (primary N) is 2. The van der Waals surface area contributed by atoms with E-state index in [1.807, 2.05) is 0 Å². The Morgan fingerprint density at radius 1 is 1.56 bits per heavy atom. The van der Waals surface area contributed by atoms with Crippen molar-refractivity contribution in [3.63, 3.8) is 0 Å². The molecule has 0 aliphatic rings. The SMILES string of the molecule is NC(N)=NCC(=O)O.[Cu]. The van der Waals surface area contributed by atoms with Gasteiger partial charge in [0.15, 0.2) is 5.96 Å². The number of nitrogens with zero attached hydrogens (tertiary/aromatic N) is 1. The molecule has 0 saturated carbocycles. The molecule has 5 nitrogen and oxygen atoms in total. The third-order valence-corrected chi connectivity index (χ3v) is 0.397. The molecule has 0 aromatic heterocycles. The molecule has 5 N–H and O–H groups in total. The van der Waals surface area contributed by atoms with Crippen molar-refractivity contribution in [1.82, 2.24) is 0 Å². The third kappa shape index (κ3) is 11.1. The zero-order valence-corrected chi connectivity index (χ0v) is 5.41. The molecule has 0 amide bonds. The van der Waals surface area contributed by atoms with Crippen LogP contribution in [0.1, 0.15) is 0 Å². The molecule has 0 rings (SSSR count). The largest absolute Gasteiger partial charge is 0.480 e. The molecule has 0 aromatic carbocycles. The zero-order valence-electron chi connectivity index (χ0n) is 4.47. The Balaban J connectivity index is 0. The first kappa shape index (κ1) is 11.1. The van der Waals surface area contributed by atoms with Crippen molar-refractivity contribution in [2.75, 3.05) is 6.54 Å². The van der Waals surface area contributed by atoms with E-state index in [0.29, 0.717) is 0 Å². The first-order valence-electron chi connectivity index (χ1n) is 1.90. The molecule has 57 valence electrons. The molecule has 0 atom stereocenters. The molecule has 0 aliphatic heterocycles. The van der Waals surface area contributed by atoms with E-state index in [1.54, 1.807) is 0 Å². The van der Waals surface area contributed by atoms with E-state index in [0.717, 1.165) is 0 Å². The summed E-state index contributed by atoms with van der Waals surface area (Å²) >= 11 is 0. The number of carboxylic acid groups (broad SMARTS) is 1. The van der Waals surface area contributed by atoms with Crippen LogP contribution < -0.4 is 11.5 Å². The van der Waals surface area contributed by atoms with Crippen LogP contribution in [0.3, 0.4) is 0 Å². The Bertz CT molecular complexity index is 120. The topological polar surface area (TPSA) is 102 Å². The van der Waals surface area contributed by atoms with Crippen molar-refractivity contribution in [3.8, 4) is 0 Å². The van der Waals surface area contributed by atoms with Gasteiger partial charge in [0.1, 0.15) is 6.54 Å². The maximum Gasteiger partial charge on any atom is 0.325 e. The van der Waals surface area contributed by atoms with Crippen LogP contribution in [0.25, 0.3) is 0 Å². The second-order valence-electron chi connectivity index (χ2n) is 1.13. The molecular weight excluding hydrogens is 174 g/mol. The number of hydrogen-bond acceptors (Lipinski definition) is 2. The predicted molar refractivity (Wildman–Crippen MR) is 28.3 cm³/mol. The van der Waals surface area contributed by atoms with Crippen LogP contribution in [0.4, 0.5) is 0 Å². The summed E-state index contributed by atoms with van der Waals surface area (Å²) in [6, 6.07) is 0. The van der Waals surface area contributed by atoms with Crippen LogP contribution in [0.2, 0.25) is 0 Å². The summed E-state index contributed by atoms with van der Waals surface area (Å²) in [4.78, 5) is 12.9. The second kappa shape index (κ2) is 5.40. The maximum absolute atomic E-state index is 9.69. The van der Waals surface area contributed by atoms with Crippen LogP contribution in [-0.2, 0) is 21.9 Å². The van der Waals surface area contributed by atoms with E-state index >= 15 is 0 Å². The molecule has 0 spiro atoms. The van der Waals surface area contributed by atoms with Gasteiger partial charge in [0.05, 0.1) is 0 Å². The number of carboxylic acids is 1. The van der Waals surface area contributed by atoms with E-state index in [4.69, 9.17) is 16.6 Å². The molecule has 0 aromatic rings. The number of aliphatic carboxylic acids is 1. The van der Waals surface area contributed by atoms with E-state index in [-0.39, 0.29) is 29.6 Å². The quantitative estimate of drug-likeness (QED) is 0.269. The summed E-state index contributed by atoms with van der Waals surface area (Å²) in [6.07, 6.45) is 0. The van der Waals surface area contributed by atoms with Crippen molar-refractivity contribution in [2.45, 2.75) is 0 Å². The molecule has 0 unspecified atom stereocenters. The summed E-state index contributed by atoms with van der Waals surface area (Å²) in [6.45, 7) is -0.359. The van der Waals surface area contributed by atoms with Gasteiger partial charge in [-0.25, -0.2) is 4.99 Å². The molecule has 0 fully saturated rings. The first-order chi connectivity index (χ1) is 3.63. The Hall–Kier alpha value is -0.741. The average Bonchev–Trinajstić information content (AvgIpc) is 1.61. The minimum absolute atomic E-state index is 0. The molecule has 1 radical (unpaired) electrons. The fraction of sp³-hybridized carbons (Fsp3) is 0.333. The van der Waals surface area contributed by atoms with Gasteiger partial charge >= 0.3 is 5.97 Å². The Morgan fingerprint density at radius 2 is 2.00 bits per heavy atom. The summed E-state index contributed by atoms with van der Waals surface area (Å²) in [5.74, 6) is -1.24. The minimum atomic E-state index is -1.04. The molecule has 0 saturated heterocycles. The summed E-state index contributed by atoms with van der Waals surface area (Å²) in [5, 5.41) is 7.94. The molecule has 0 bridgehead atoms. The van der Waals surface area contributed by atoms with Gasteiger partial charge in [0, 0.05) is 17.1 Å². The van der Waals surface area contributed by atoms with E-state index in [9.17, 15) is 4.79 Å². The van der Waals surface area contributed by atoms with Gasteiger partial charge in [-0.05, 0) is 0 Å². The Kier molecular flexibility index (Phi) is 6.66. The molecular formula is C3H7CuN3O2. The van der Waals surface area contributed by atoms with Crippen molar-refractivity contribution in [2.24, 2.45) is 16.5 Å². The van der Waals surface area contributed by atoms with Gasteiger partial charge in [0.2, 0.25) is 0 Å². The number of rotatable bonds is 2. The van der Waals surface area contributed by atoms with Crippen LogP contribution in [0.5, 0.6) is 0 Å². The van der Waals surface area contributed by atoms with Gasteiger partial charge in [-0.3, -0.25) is 4.79 Å². The molecule has 6 heteroatoms. The number of hydrogen-bond donors (Lipinski definition) is 3. The van der Waals surface area contributed by atoms with Gasteiger partial charge < -0.3 is 16.6 Å². The van der Waals surface area contributed by atoms with E-state index < -0.39 is 5.97 Å². The van der Waals surface area contributed by atoms with Crippen molar-refractivity contribution >= 4 is 11.9 Å². The Morgan fingerprint density at radius 3 is 2.11 bits per heavy atom. The average molecular weight is 181 g/mol. The van der Waals surface area contributed by atoms with Crippen LogP contribution in [0.15, 0.2) is 4.99 Å². The fourth-order valence-corrected chi connectivity index (χ4v) is 0.159. The Labute approximate surface area is 62.6 Å². The van der Waals surface area contributed by atoms with Gasteiger partial charge in [-0.1, -0.05) is 0 Å². The molecule has 9 heavy (non-hydrogen) atoms. The minimum Gasteiger partial charge on any atom is -0.480 e. The summed E-state index contributed by atoms with van der Waals surface area (Å²) in [7, 11) is 0. The van der Waals surface area contributed by atoms with E-state index in [2.05, 4.69) is 4.99 Å². The summed E-state index contributed by atoms with van der Waals surface area (Å²) in [5.41, 5.74) is 9.61. The van der Waals surface area contributed by atoms with Crippen molar-refractivity contribution in [1.29, 1.82) is 0 Å². The number of aliphatic imine (C=N–C) groups is 1. The molecule has 0 aliphatic carbocycles. The summed E-state index contributed by atoms with van der Waals surface area (Å²) < 4.78 is 0. The third-order valence-electron chi connectivity index (χ3n) is 0.397. The van der Waals surface area contributed by atoms with Gasteiger partial charge in [-0.15, -0.1) is 0 Å². The maximum atomic E-state index is 9.69. The standard InChI is InChI=1S/C3H7N3O2.Cu/c4-3(5)6-1-2(7)8;/h1H2,(H,7,8)(H4,4,5,6);. The van der Waals surface area contributed by atoms with Gasteiger partial charge in [0.25, 0.3) is 0 Å². The second-order valence-corrected chi connectivity index (χ2v) is 1.13. The fourth-order valence-electron chi connectivity index (χ4n) is 0.159. The molecule has 0 heterocycles.